The first-order valence-corrected chi connectivity index (χ1v) is 42.2. The zero-order chi connectivity index (χ0) is 102. The van der Waals surface area contributed by atoms with Crippen LogP contribution in [-0.2, 0) is 0 Å². The first-order valence-electron chi connectivity index (χ1n) is 51.7. The van der Waals surface area contributed by atoms with Crippen LogP contribution in [0.15, 0.2) is 455 Å². The largest absolute Gasteiger partial charge is 0.278 e. The minimum Gasteiger partial charge on any atom is -0.278 e. The Labute approximate surface area is 768 Å². The summed E-state index contributed by atoms with van der Waals surface area (Å²) in [5.41, 5.74) is 13.7. The number of nitrogens with zero attached hydrogens (tertiary/aromatic N) is 9. The van der Waals surface area contributed by atoms with Crippen LogP contribution in [0.25, 0.3) is 248 Å². The topological polar surface area (TPSA) is 92.1 Å². The van der Waals surface area contributed by atoms with Crippen molar-refractivity contribution in [1.82, 2.24) is 43.6 Å². The van der Waals surface area contributed by atoms with Crippen LogP contribution in [0.2, 0.25) is 0 Å². The first kappa shape index (κ1) is 57.1. The quantitative estimate of drug-likeness (QED) is 0.143. The minimum atomic E-state index is -0.580. The fourth-order valence-electron chi connectivity index (χ4n) is 18.3. The van der Waals surface area contributed by atoms with Crippen LogP contribution < -0.4 is 0 Å². The van der Waals surface area contributed by atoms with Gasteiger partial charge in [-0.05, 0) is 201 Å². The summed E-state index contributed by atoms with van der Waals surface area (Å²) in [6.07, 6.45) is 0. The van der Waals surface area contributed by atoms with Gasteiger partial charge in [0, 0.05) is 65.2 Å². The van der Waals surface area contributed by atoms with Gasteiger partial charge in [-0.25, -0.2) is 29.9 Å². The SMILES string of the molecule is [2H]c1c([2H])c([2H])c(-c2ccc3c(-c4c([2H])c([2H])c5c([2H])c([2H])c([2H])c([2H])c5c4[2H])nc(-n4c5ccccc5c5cc6ccccc6cc54)nc3c2)c([2H])c1[2H].[2H]c1c([2H])c([2H])c2c(-c3nc(-n4c5ccccc5c5cc6ccccc6cc54)nc4cc(-c5ccccc5)ccc34)c([2H])c([2H])c([2H])c2c1[2H].c1ccc(-c2nc(-n3c4ccccc4c4cc5ccccc5cc43)nc3cc(-c4ccc5ccccc5c4)ccc23)cc1. The summed E-state index contributed by atoms with van der Waals surface area (Å²) in [7, 11) is 0. The van der Waals surface area contributed by atoms with Gasteiger partial charge < -0.3 is 0 Å². The number of rotatable bonds is 9. The number of aromatic nitrogens is 9. The van der Waals surface area contributed by atoms with Gasteiger partial charge >= 0.3 is 0 Å². The van der Waals surface area contributed by atoms with Gasteiger partial charge in [-0.1, -0.05) is 351 Å². The monoisotopic (exact) mass is 1660 g/mol. The maximum absolute atomic E-state index is 9.36. The summed E-state index contributed by atoms with van der Waals surface area (Å²) in [6, 6.07) is 105. The van der Waals surface area contributed by atoms with Crippen molar-refractivity contribution in [2.45, 2.75) is 0 Å². The van der Waals surface area contributed by atoms with E-state index in [-0.39, 0.29) is 72.7 Å². The van der Waals surface area contributed by atoms with Crippen molar-refractivity contribution in [2.24, 2.45) is 0 Å². The highest BCUT2D eigenvalue weighted by molar-refractivity contribution is 6.17. The molecule has 0 bridgehead atoms. The Morgan fingerprint density at radius 2 is 0.535 bits per heavy atom. The normalized spacial score (nSPS) is 13.8. The van der Waals surface area contributed by atoms with Gasteiger partial charge in [0.15, 0.2) is 0 Å². The highest BCUT2D eigenvalue weighted by atomic mass is 15.2. The Bertz CT molecular complexity index is 10400. The second kappa shape index (κ2) is 30.8. The van der Waals surface area contributed by atoms with Crippen molar-refractivity contribution in [2.75, 3.05) is 0 Å². The van der Waals surface area contributed by atoms with E-state index >= 15 is 0 Å². The molecule has 6 heterocycles. The molecule has 9 heteroatoms. The molecule has 21 aromatic carbocycles. The van der Waals surface area contributed by atoms with Crippen molar-refractivity contribution in [1.29, 1.82) is 0 Å². The third-order valence-electron chi connectivity index (χ3n) is 24.3. The van der Waals surface area contributed by atoms with E-state index in [2.05, 4.69) is 187 Å². The van der Waals surface area contributed by atoms with Crippen molar-refractivity contribution in [3.05, 3.63) is 455 Å². The Hall–Kier alpha value is -17.4. The molecule has 0 saturated carbocycles. The van der Waals surface area contributed by atoms with Crippen molar-refractivity contribution in [3.63, 3.8) is 0 Å². The predicted molar refractivity (Wildman–Crippen MR) is 539 cm³/mol. The maximum Gasteiger partial charge on any atom is 0.235 e. The molecule has 0 radical (unpaired) electrons. The molecule has 0 spiro atoms. The molecule has 0 aliphatic rings. The van der Waals surface area contributed by atoms with Gasteiger partial charge in [-0.3, -0.25) is 13.7 Å². The predicted octanol–water partition coefficient (Wildman–Crippen LogP) is 31.1. The van der Waals surface area contributed by atoms with E-state index in [1.165, 1.54) is 43.9 Å². The Balaban J connectivity index is 0.000000116. The Morgan fingerprint density at radius 3 is 1.05 bits per heavy atom. The Kier molecular flexibility index (Phi) is 13.6. The summed E-state index contributed by atoms with van der Waals surface area (Å²) < 4.78 is 170. The molecule has 0 aliphatic carbocycles. The summed E-state index contributed by atoms with van der Waals surface area (Å²) in [4.78, 5) is 30.9. The molecule has 600 valence electrons. The standard InChI is InChI=1S/3C40H25N3/c1-2-11-26(12-3-1)30-21-22-34-36(24-30)41-40(42-39(34)33-19-10-16-27-13-6-7-17-31(27)33)43-37-20-9-8-18-32(37)35-23-28-14-4-5-15-29(28)25-38(35)43;1-2-11-27(12-3-1)39-34-21-20-32(31-19-18-26-10-4-5-13-28(26)22-31)24-36(34)41-40(42-39)43-37-17-9-8-16-33(37)35-23-29-14-6-7-15-30(29)25-38(35)43;1-2-10-26(11-3-1)31-20-21-34-36(24-31)41-40(42-39(34)32-19-18-27-12-4-5-13-28(27)22-32)43-37-17-9-8-16-33(37)35-23-29-14-6-7-15-30(29)25-38(35)43/h3*1-25H/i6D,7D,10D,13D,16D,17D,19D;;1D,2D,3D,4D,5D,10D,11D,12D,13D,18D,19D,22D. The third kappa shape index (κ3) is 13.0. The van der Waals surface area contributed by atoms with Crippen LogP contribution in [0.5, 0.6) is 0 Å². The molecule has 0 amide bonds. The molecule has 9 nitrogen and oxygen atoms in total. The number of fused-ring (bicyclic) bond motifs is 18. The molecular weight excluding hydrogens is 1570 g/mol. The number of hydrogen-bond donors (Lipinski definition) is 0. The summed E-state index contributed by atoms with van der Waals surface area (Å²) in [5, 5.41) is 16.5. The lowest BCUT2D eigenvalue weighted by molar-refractivity contribution is 1.01. The Morgan fingerprint density at radius 1 is 0.171 bits per heavy atom. The highest BCUT2D eigenvalue weighted by Crippen LogP contribution is 2.44. The third-order valence-corrected chi connectivity index (χ3v) is 24.3. The summed E-state index contributed by atoms with van der Waals surface area (Å²) in [6.45, 7) is 0. The van der Waals surface area contributed by atoms with Crippen molar-refractivity contribution < 1.29 is 26.0 Å². The minimum absolute atomic E-state index is 0.0201. The molecule has 6 aromatic heterocycles. The molecule has 0 fully saturated rings. The smallest absolute Gasteiger partial charge is 0.235 e. The van der Waals surface area contributed by atoms with Gasteiger partial charge in [-0.2, -0.15) is 0 Å². The molecule has 0 unspecified atom stereocenters. The second-order valence-electron chi connectivity index (χ2n) is 31.8. The van der Waals surface area contributed by atoms with E-state index in [1.54, 1.807) is 12.1 Å². The van der Waals surface area contributed by atoms with Crippen LogP contribution in [0.3, 0.4) is 0 Å². The van der Waals surface area contributed by atoms with Crippen LogP contribution in [0, 0.1) is 0 Å². The molecule has 129 heavy (non-hydrogen) atoms. The van der Waals surface area contributed by atoms with Crippen molar-refractivity contribution >= 4 is 163 Å². The number of benzene rings is 21. The van der Waals surface area contributed by atoms with E-state index in [1.807, 2.05) is 149 Å². The zero-order valence-corrected chi connectivity index (χ0v) is 68.4. The fraction of sp³-hybridized carbons (Fsp3) is 0. The first-order chi connectivity index (χ1) is 71.8. The van der Waals surface area contributed by atoms with Gasteiger partial charge in [0.05, 0.1) is 92.8 Å². The molecule has 27 rings (SSSR count). The van der Waals surface area contributed by atoms with E-state index < -0.39 is 109 Å². The lowest BCUT2D eigenvalue weighted by Crippen LogP contribution is -2.04. The van der Waals surface area contributed by atoms with Gasteiger partial charge in [0.25, 0.3) is 0 Å². The van der Waals surface area contributed by atoms with E-state index in [0.29, 0.717) is 28.2 Å². The molecule has 27 aromatic rings. The van der Waals surface area contributed by atoms with Crippen LogP contribution >= 0.6 is 0 Å². The number of hydrogen-bond acceptors (Lipinski definition) is 6. The van der Waals surface area contributed by atoms with Gasteiger partial charge in [0.2, 0.25) is 17.8 Å². The van der Waals surface area contributed by atoms with Gasteiger partial charge in [-0.15, -0.1) is 0 Å². The number of para-hydroxylation sites is 3. The van der Waals surface area contributed by atoms with Crippen LogP contribution in [0.4, 0.5) is 0 Å². The molecule has 0 atom stereocenters. The molecule has 0 aliphatic heterocycles. The van der Waals surface area contributed by atoms with E-state index in [0.717, 1.165) is 115 Å². The van der Waals surface area contributed by atoms with E-state index in [9.17, 15) is 2.74 Å². The summed E-state index contributed by atoms with van der Waals surface area (Å²) >= 11 is 0. The molecular formula is C120H75N9. The molecule has 0 saturated heterocycles. The maximum atomic E-state index is 9.36. The van der Waals surface area contributed by atoms with E-state index in [4.69, 9.17) is 53.2 Å². The summed E-state index contributed by atoms with van der Waals surface area (Å²) in [5.74, 6) is 1.08. The van der Waals surface area contributed by atoms with Crippen LogP contribution in [0.1, 0.15) is 26.0 Å². The molecule has 0 N–H and O–H groups in total. The fourth-order valence-corrected chi connectivity index (χ4v) is 18.3. The average molecular weight is 1660 g/mol. The second-order valence-corrected chi connectivity index (χ2v) is 31.8. The zero-order valence-electron chi connectivity index (χ0n) is 87.4. The van der Waals surface area contributed by atoms with Gasteiger partial charge in [0.1, 0.15) is 0 Å². The van der Waals surface area contributed by atoms with Crippen molar-refractivity contribution in [3.8, 4) is 85.0 Å². The average Bonchev–Trinajstić information content (AvgIpc) is 1.58. The highest BCUT2D eigenvalue weighted by Gasteiger charge is 2.25. The lowest BCUT2D eigenvalue weighted by atomic mass is 9.97. The lowest BCUT2D eigenvalue weighted by Gasteiger charge is -2.14. The van der Waals surface area contributed by atoms with Crippen LogP contribution in [-0.4, -0.2) is 43.6 Å².